The molecule has 0 aliphatic carbocycles. The number of nitrogen functional groups attached to an aromatic ring is 2. The molecule has 21 heteroatoms. The standard InChI is InChI=1S/C25H30N12O7S2/c1-36(2)24-32-20(26)30-22(34-24)28-16-8-6-14(18(12-16)45(39,40)41)4-5-15-7-9-17(13-19(15)46(42,43)44)29-23-31-21(27)33-25(35-23)37(3)10-11-38/h4-9,12-13,38H,10-11H2,1-3H3,(H,39,40,41)(H,42,43,44)(H3,26,28,30,32,34)(H3,27,29,31,33,35)/b5-4+. The molecule has 0 unspecified atom stereocenters. The summed E-state index contributed by atoms with van der Waals surface area (Å²) in [4.78, 5) is 26.3. The van der Waals surface area contributed by atoms with E-state index in [1.807, 2.05) is 0 Å². The Morgan fingerprint density at radius 3 is 1.57 bits per heavy atom. The molecule has 0 atom stereocenters. The van der Waals surface area contributed by atoms with Crippen molar-refractivity contribution in [2.75, 3.05) is 66.2 Å². The summed E-state index contributed by atoms with van der Waals surface area (Å²) in [7, 11) is -4.58. The lowest BCUT2D eigenvalue weighted by Crippen LogP contribution is -2.24. The average molecular weight is 675 g/mol. The SMILES string of the molecule is CN(C)c1nc(N)nc(Nc2ccc(/C=C/c3ccc(Nc4nc(N)nc(N(C)CCO)n4)cc3S(=O)(=O)O)c(S(=O)(=O)O)c2)n1. The third kappa shape index (κ3) is 8.48. The molecule has 4 rings (SSSR count). The Morgan fingerprint density at radius 2 is 1.15 bits per heavy atom. The smallest absolute Gasteiger partial charge is 0.295 e. The van der Waals surface area contributed by atoms with Crippen LogP contribution in [0.15, 0.2) is 46.2 Å². The number of aliphatic hydroxyl groups is 1. The highest BCUT2D eigenvalue weighted by Crippen LogP contribution is 2.28. The van der Waals surface area contributed by atoms with Crippen LogP contribution in [0.5, 0.6) is 0 Å². The second-order valence-corrected chi connectivity index (χ2v) is 12.5. The molecule has 0 aliphatic rings. The van der Waals surface area contributed by atoms with Crippen molar-refractivity contribution in [3.05, 3.63) is 47.5 Å². The highest BCUT2D eigenvalue weighted by atomic mass is 32.2. The lowest BCUT2D eigenvalue weighted by molar-refractivity contribution is 0.303. The largest absolute Gasteiger partial charge is 0.395 e. The molecule has 0 aliphatic heterocycles. The number of aliphatic hydroxyl groups excluding tert-OH is 1. The molecule has 4 aromatic rings. The first-order valence-corrected chi connectivity index (χ1v) is 15.9. The van der Waals surface area contributed by atoms with Gasteiger partial charge in [-0.3, -0.25) is 9.11 Å². The van der Waals surface area contributed by atoms with Crippen LogP contribution in [-0.4, -0.2) is 95.2 Å². The molecule has 244 valence electrons. The first kappa shape index (κ1) is 33.7. The van der Waals surface area contributed by atoms with Crippen molar-refractivity contribution < 1.29 is 31.0 Å². The Hall–Kier alpha value is -5.22. The van der Waals surface area contributed by atoms with Gasteiger partial charge in [-0.05, 0) is 35.4 Å². The second-order valence-electron chi connectivity index (χ2n) is 9.71. The summed E-state index contributed by atoms with van der Waals surface area (Å²) in [6.45, 7) is 0.0412. The fourth-order valence-corrected chi connectivity index (χ4v) is 5.30. The quantitative estimate of drug-likeness (QED) is 0.0810. The minimum absolute atomic E-state index is 0.0131. The van der Waals surface area contributed by atoms with Crippen LogP contribution in [0.2, 0.25) is 0 Å². The Balaban J connectivity index is 1.66. The third-order valence-electron chi connectivity index (χ3n) is 6.00. The Bertz CT molecular complexity index is 2010. The first-order valence-electron chi connectivity index (χ1n) is 13.0. The van der Waals surface area contributed by atoms with Crippen LogP contribution in [0.3, 0.4) is 0 Å². The van der Waals surface area contributed by atoms with E-state index in [1.165, 1.54) is 41.3 Å². The molecule has 2 heterocycles. The first-order chi connectivity index (χ1) is 21.5. The van der Waals surface area contributed by atoms with Gasteiger partial charge in [0.1, 0.15) is 9.79 Å². The zero-order valence-electron chi connectivity index (χ0n) is 24.6. The maximum atomic E-state index is 12.3. The lowest BCUT2D eigenvalue weighted by atomic mass is 10.1. The van der Waals surface area contributed by atoms with Gasteiger partial charge in [0.05, 0.1) is 6.61 Å². The summed E-state index contributed by atoms with van der Waals surface area (Å²) >= 11 is 0. The molecular formula is C25H30N12O7S2. The van der Waals surface area contributed by atoms with Gasteiger partial charge >= 0.3 is 0 Å². The highest BCUT2D eigenvalue weighted by molar-refractivity contribution is 7.86. The van der Waals surface area contributed by atoms with E-state index in [1.54, 1.807) is 26.0 Å². The molecule has 0 saturated heterocycles. The maximum Gasteiger partial charge on any atom is 0.295 e. The summed E-state index contributed by atoms with van der Waals surface area (Å²) in [6, 6.07) is 7.82. The van der Waals surface area contributed by atoms with Gasteiger partial charge in [0.2, 0.25) is 35.7 Å². The topological polar surface area (TPSA) is 289 Å². The molecule has 0 spiro atoms. The summed E-state index contributed by atoms with van der Waals surface area (Å²) in [5.41, 5.74) is 11.8. The number of hydrogen-bond donors (Lipinski definition) is 7. The number of nitrogens with one attached hydrogen (secondary N) is 2. The lowest BCUT2D eigenvalue weighted by Gasteiger charge is -2.16. The van der Waals surface area contributed by atoms with E-state index >= 15 is 0 Å². The van der Waals surface area contributed by atoms with Crippen molar-refractivity contribution in [2.24, 2.45) is 0 Å². The van der Waals surface area contributed by atoms with E-state index in [2.05, 4.69) is 40.5 Å². The summed E-state index contributed by atoms with van der Waals surface area (Å²) in [5, 5.41) is 14.8. The molecule has 19 nitrogen and oxygen atoms in total. The predicted molar refractivity (Wildman–Crippen MR) is 171 cm³/mol. The van der Waals surface area contributed by atoms with Gasteiger partial charge in [-0.1, -0.05) is 24.3 Å². The van der Waals surface area contributed by atoms with E-state index in [-0.39, 0.29) is 71.3 Å². The monoisotopic (exact) mass is 674 g/mol. The fourth-order valence-electron chi connectivity index (χ4n) is 3.88. The van der Waals surface area contributed by atoms with E-state index < -0.39 is 30.0 Å². The Labute approximate surface area is 263 Å². The molecule has 2 aromatic carbocycles. The van der Waals surface area contributed by atoms with Crippen molar-refractivity contribution >= 4 is 79.5 Å². The van der Waals surface area contributed by atoms with Crippen LogP contribution < -0.4 is 31.9 Å². The zero-order valence-corrected chi connectivity index (χ0v) is 26.2. The van der Waals surface area contributed by atoms with Crippen molar-refractivity contribution in [1.29, 1.82) is 0 Å². The van der Waals surface area contributed by atoms with Crippen molar-refractivity contribution in [1.82, 2.24) is 29.9 Å². The molecule has 0 fully saturated rings. The van der Waals surface area contributed by atoms with E-state index in [0.717, 1.165) is 12.1 Å². The van der Waals surface area contributed by atoms with Gasteiger partial charge in [0.25, 0.3) is 20.2 Å². The summed E-state index contributed by atoms with van der Waals surface area (Å²) < 4.78 is 69.1. The molecule has 0 amide bonds. The molecule has 0 bridgehead atoms. The van der Waals surface area contributed by atoms with Gasteiger partial charge < -0.3 is 37.0 Å². The number of nitrogens with zero attached hydrogens (tertiary/aromatic N) is 8. The minimum atomic E-state index is -4.80. The Morgan fingerprint density at radius 1 is 0.717 bits per heavy atom. The van der Waals surface area contributed by atoms with Crippen molar-refractivity contribution in [3.8, 4) is 0 Å². The molecule has 0 saturated carbocycles. The van der Waals surface area contributed by atoms with E-state index in [9.17, 15) is 31.0 Å². The van der Waals surface area contributed by atoms with Gasteiger partial charge in [0.15, 0.2) is 0 Å². The number of likely N-dealkylation sites (N-methyl/N-ethyl adjacent to an activating group) is 1. The number of anilines is 8. The van der Waals surface area contributed by atoms with Crippen LogP contribution in [0.1, 0.15) is 11.1 Å². The minimum Gasteiger partial charge on any atom is -0.395 e. The van der Waals surface area contributed by atoms with Gasteiger partial charge in [-0.2, -0.15) is 46.7 Å². The van der Waals surface area contributed by atoms with Crippen molar-refractivity contribution in [2.45, 2.75) is 9.79 Å². The molecule has 46 heavy (non-hydrogen) atoms. The van der Waals surface area contributed by atoms with Crippen LogP contribution in [0.25, 0.3) is 12.2 Å². The van der Waals surface area contributed by atoms with Crippen LogP contribution in [0.4, 0.5) is 47.1 Å². The van der Waals surface area contributed by atoms with Gasteiger partial charge in [0, 0.05) is 39.1 Å². The number of benzene rings is 2. The third-order valence-corrected chi connectivity index (χ3v) is 7.82. The molecule has 9 N–H and O–H groups in total. The number of rotatable bonds is 12. The molecule has 2 aromatic heterocycles. The predicted octanol–water partition coefficient (Wildman–Crippen LogP) is 0.867. The molecule has 0 radical (unpaired) electrons. The van der Waals surface area contributed by atoms with Crippen LogP contribution in [0, 0.1) is 0 Å². The van der Waals surface area contributed by atoms with Crippen LogP contribution >= 0.6 is 0 Å². The second kappa shape index (κ2) is 13.4. The summed E-state index contributed by atoms with van der Waals surface area (Å²) in [6.07, 6.45) is 2.48. The molecular weight excluding hydrogens is 644 g/mol. The fraction of sp³-hybridized carbons (Fsp3) is 0.200. The normalized spacial score (nSPS) is 11.9. The average Bonchev–Trinajstić information content (AvgIpc) is 2.95. The van der Waals surface area contributed by atoms with Gasteiger partial charge in [-0.15, -0.1) is 0 Å². The number of hydrogen-bond acceptors (Lipinski definition) is 17. The highest BCUT2D eigenvalue weighted by Gasteiger charge is 2.19. The number of nitrogens with two attached hydrogens (primary N) is 2. The van der Waals surface area contributed by atoms with E-state index in [0.29, 0.717) is 0 Å². The Kier molecular flexibility index (Phi) is 9.82. The maximum absolute atomic E-state index is 12.3. The summed E-state index contributed by atoms with van der Waals surface area (Å²) in [5.74, 6) is 0.137. The number of aromatic nitrogens is 6. The van der Waals surface area contributed by atoms with Crippen molar-refractivity contribution in [3.63, 3.8) is 0 Å². The van der Waals surface area contributed by atoms with Gasteiger partial charge in [-0.25, -0.2) is 0 Å². The van der Waals surface area contributed by atoms with E-state index in [4.69, 9.17) is 11.5 Å². The van der Waals surface area contributed by atoms with Crippen LogP contribution in [-0.2, 0) is 20.2 Å². The zero-order chi connectivity index (χ0) is 33.8.